The molecule has 3 aromatic rings. The van der Waals surface area contributed by atoms with Crippen molar-refractivity contribution in [1.82, 2.24) is 0 Å². The summed E-state index contributed by atoms with van der Waals surface area (Å²) in [6, 6.07) is 17.0. The second-order valence-electron chi connectivity index (χ2n) is 6.28. The molecule has 136 valence electrons. The molecule has 0 fully saturated rings. The number of ether oxygens (including phenoxy) is 1. The van der Waals surface area contributed by atoms with Crippen molar-refractivity contribution >= 4 is 51.4 Å². The zero-order valence-electron chi connectivity index (χ0n) is 14.2. The molecule has 0 N–H and O–H groups in total. The molecule has 4 nitrogen and oxygen atoms in total. The van der Waals surface area contributed by atoms with Gasteiger partial charge in [0.2, 0.25) is 0 Å². The molecule has 0 aromatic heterocycles. The Morgan fingerprint density at radius 1 is 0.926 bits per heavy atom. The third-order valence-electron chi connectivity index (χ3n) is 4.50. The standard InChI is InChI=1S/C21H15Cl2NO3/c22-15-11-17-19(18(23)12-15)24(21(26)20(17)25)8-3-9-27-16-7-6-13-4-1-2-5-14(13)10-16/h1-2,4-7,10-12H,3,8-9H2. The lowest BCUT2D eigenvalue weighted by Gasteiger charge is -2.18. The second kappa shape index (κ2) is 7.22. The number of halogens is 2. The number of carbonyl (C=O) groups is 2. The van der Waals surface area contributed by atoms with Crippen molar-refractivity contribution in [2.75, 3.05) is 18.1 Å². The predicted molar refractivity (Wildman–Crippen MR) is 107 cm³/mol. The highest BCUT2D eigenvalue weighted by Gasteiger charge is 2.37. The highest BCUT2D eigenvalue weighted by atomic mass is 35.5. The van der Waals surface area contributed by atoms with Crippen LogP contribution in [0.2, 0.25) is 10.0 Å². The number of benzene rings is 3. The van der Waals surface area contributed by atoms with E-state index < -0.39 is 11.7 Å². The van der Waals surface area contributed by atoms with Crippen molar-refractivity contribution in [2.24, 2.45) is 0 Å². The molecule has 1 aliphatic rings. The summed E-state index contributed by atoms with van der Waals surface area (Å²) in [5.41, 5.74) is 0.690. The molecule has 4 rings (SSSR count). The average molecular weight is 400 g/mol. The Hall–Kier alpha value is -2.56. The molecule has 0 radical (unpaired) electrons. The maximum atomic E-state index is 12.3. The van der Waals surface area contributed by atoms with Gasteiger partial charge in [-0.2, -0.15) is 0 Å². The fourth-order valence-electron chi connectivity index (χ4n) is 3.24. The van der Waals surface area contributed by atoms with Gasteiger partial charge in [-0.25, -0.2) is 0 Å². The van der Waals surface area contributed by atoms with Crippen LogP contribution in [-0.4, -0.2) is 24.8 Å². The minimum Gasteiger partial charge on any atom is -0.494 e. The molecule has 0 saturated carbocycles. The number of hydrogen-bond acceptors (Lipinski definition) is 3. The number of hydrogen-bond donors (Lipinski definition) is 0. The first-order chi connectivity index (χ1) is 13.0. The fourth-order valence-corrected chi connectivity index (χ4v) is 3.83. The van der Waals surface area contributed by atoms with E-state index in [0.717, 1.165) is 16.5 Å². The lowest BCUT2D eigenvalue weighted by atomic mass is 10.1. The van der Waals surface area contributed by atoms with Crippen LogP contribution in [0.3, 0.4) is 0 Å². The second-order valence-corrected chi connectivity index (χ2v) is 7.12. The number of amides is 1. The molecule has 3 aromatic carbocycles. The molecule has 6 heteroatoms. The zero-order valence-corrected chi connectivity index (χ0v) is 15.8. The van der Waals surface area contributed by atoms with Gasteiger partial charge in [-0.1, -0.05) is 53.5 Å². The summed E-state index contributed by atoms with van der Waals surface area (Å²) in [6.07, 6.45) is 0.560. The number of ketones is 1. The minimum absolute atomic E-state index is 0.257. The topological polar surface area (TPSA) is 46.6 Å². The van der Waals surface area contributed by atoms with Crippen molar-refractivity contribution in [3.05, 3.63) is 70.2 Å². The summed E-state index contributed by atoms with van der Waals surface area (Å²) in [4.78, 5) is 25.8. The third-order valence-corrected chi connectivity index (χ3v) is 5.00. The normalized spacial score (nSPS) is 13.3. The maximum absolute atomic E-state index is 12.3. The van der Waals surface area contributed by atoms with Crippen LogP contribution >= 0.6 is 23.2 Å². The van der Waals surface area contributed by atoms with Crippen molar-refractivity contribution in [3.8, 4) is 5.75 Å². The first-order valence-corrected chi connectivity index (χ1v) is 9.27. The van der Waals surface area contributed by atoms with Crippen LogP contribution in [0, 0.1) is 0 Å². The Morgan fingerprint density at radius 3 is 2.52 bits per heavy atom. The molecular weight excluding hydrogens is 385 g/mol. The minimum atomic E-state index is -0.583. The maximum Gasteiger partial charge on any atom is 0.299 e. The van der Waals surface area contributed by atoms with Gasteiger partial charge in [0.25, 0.3) is 11.7 Å². The number of Topliss-reactive ketones (excluding diaryl/α,β-unsaturated/α-hetero) is 1. The SMILES string of the molecule is O=C1C(=O)N(CCCOc2ccc3ccccc3c2)c2c(Cl)cc(Cl)cc21. The van der Waals surface area contributed by atoms with Crippen LogP contribution in [0.1, 0.15) is 16.8 Å². The molecule has 1 heterocycles. The van der Waals surface area contributed by atoms with Gasteiger partial charge in [0, 0.05) is 11.6 Å². The van der Waals surface area contributed by atoms with E-state index in [9.17, 15) is 9.59 Å². The Kier molecular flexibility index (Phi) is 4.77. The smallest absolute Gasteiger partial charge is 0.299 e. The van der Waals surface area contributed by atoms with E-state index in [4.69, 9.17) is 27.9 Å². The molecule has 1 aliphatic heterocycles. The molecule has 0 spiro atoms. The van der Waals surface area contributed by atoms with Crippen LogP contribution in [0.5, 0.6) is 5.75 Å². The van der Waals surface area contributed by atoms with Gasteiger partial charge in [0.05, 0.1) is 22.9 Å². The number of nitrogens with zero attached hydrogens (tertiary/aromatic N) is 1. The van der Waals surface area contributed by atoms with Gasteiger partial charge < -0.3 is 9.64 Å². The van der Waals surface area contributed by atoms with Gasteiger partial charge in [0.15, 0.2) is 0 Å². The highest BCUT2D eigenvalue weighted by Crippen LogP contribution is 2.38. The Bertz CT molecular complexity index is 1060. The van der Waals surface area contributed by atoms with E-state index in [-0.39, 0.29) is 5.56 Å². The van der Waals surface area contributed by atoms with E-state index >= 15 is 0 Å². The van der Waals surface area contributed by atoms with Gasteiger partial charge >= 0.3 is 0 Å². The highest BCUT2D eigenvalue weighted by molar-refractivity contribution is 6.54. The molecule has 27 heavy (non-hydrogen) atoms. The predicted octanol–water partition coefficient (Wildman–Crippen LogP) is 5.15. The van der Waals surface area contributed by atoms with Crippen LogP contribution in [0.25, 0.3) is 10.8 Å². The molecule has 0 unspecified atom stereocenters. The van der Waals surface area contributed by atoms with Crippen LogP contribution in [-0.2, 0) is 4.79 Å². The molecule has 0 bridgehead atoms. The van der Waals surface area contributed by atoms with Crippen molar-refractivity contribution in [1.29, 1.82) is 0 Å². The number of carbonyl (C=O) groups excluding carboxylic acids is 2. The first kappa shape index (κ1) is 17.8. The molecule has 0 saturated heterocycles. The van der Waals surface area contributed by atoms with Gasteiger partial charge in [0.1, 0.15) is 5.75 Å². The van der Waals surface area contributed by atoms with E-state index in [1.165, 1.54) is 17.0 Å². The summed E-state index contributed by atoms with van der Waals surface area (Å²) in [5, 5.41) is 2.89. The summed E-state index contributed by atoms with van der Waals surface area (Å²) in [5.74, 6) is -0.396. The first-order valence-electron chi connectivity index (χ1n) is 8.51. The zero-order chi connectivity index (χ0) is 19.0. The van der Waals surface area contributed by atoms with Crippen molar-refractivity contribution in [2.45, 2.75) is 6.42 Å². The lowest BCUT2D eigenvalue weighted by molar-refractivity contribution is -0.114. The summed E-state index contributed by atoms with van der Waals surface area (Å²) in [6.45, 7) is 0.753. The van der Waals surface area contributed by atoms with E-state index in [2.05, 4.69) is 0 Å². The van der Waals surface area contributed by atoms with Crippen LogP contribution in [0.15, 0.2) is 54.6 Å². The monoisotopic (exact) mass is 399 g/mol. The molecular formula is C21H15Cl2NO3. The summed E-state index contributed by atoms with van der Waals surface area (Å²) >= 11 is 12.1. The van der Waals surface area contributed by atoms with Gasteiger partial charge in [-0.3, -0.25) is 9.59 Å². The van der Waals surface area contributed by atoms with Gasteiger partial charge in [-0.05, 0) is 41.5 Å². The molecule has 1 amide bonds. The van der Waals surface area contributed by atoms with Crippen LogP contribution < -0.4 is 9.64 Å². The molecule has 0 aliphatic carbocycles. The van der Waals surface area contributed by atoms with Crippen LogP contribution in [0.4, 0.5) is 5.69 Å². The van der Waals surface area contributed by atoms with Crippen molar-refractivity contribution in [3.63, 3.8) is 0 Å². The summed E-state index contributed by atoms with van der Waals surface area (Å²) in [7, 11) is 0. The molecule has 0 atom stereocenters. The van der Waals surface area contributed by atoms with Gasteiger partial charge in [-0.15, -0.1) is 0 Å². The Labute approximate surface area is 166 Å². The van der Waals surface area contributed by atoms with Crippen molar-refractivity contribution < 1.29 is 14.3 Å². The largest absolute Gasteiger partial charge is 0.494 e. The summed E-state index contributed by atoms with van der Waals surface area (Å²) < 4.78 is 5.80. The van der Waals surface area contributed by atoms with E-state index in [1.807, 2.05) is 42.5 Å². The fraction of sp³-hybridized carbons (Fsp3) is 0.143. The number of anilines is 1. The number of rotatable bonds is 5. The quantitative estimate of drug-likeness (QED) is 0.440. The Morgan fingerprint density at radius 2 is 1.70 bits per heavy atom. The average Bonchev–Trinajstić information content (AvgIpc) is 2.90. The van der Waals surface area contributed by atoms with E-state index in [1.54, 1.807) is 0 Å². The lowest BCUT2D eigenvalue weighted by Crippen LogP contribution is -2.31. The number of fused-ring (bicyclic) bond motifs is 2. The van der Waals surface area contributed by atoms with E-state index in [0.29, 0.717) is 35.3 Å². The third kappa shape index (κ3) is 3.38. The Balaban J connectivity index is 1.42.